The molecule has 19 heteroatoms. The number of aliphatic hydroxyl groups is 1. The van der Waals surface area contributed by atoms with Crippen molar-refractivity contribution in [2.75, 3.05) is 39.6 Å². The van der Waals surface area contributed by atoms with E-state index < -0.39 is 97.5 Å². The van der Waals surface area contributed by atoms with Gasteiger partial charge >= 0.3 is 39.5 Å². The molecule has 0 bridgehead atoms. The summed E-state index contributed by atoms with van der Waals surface area (Å²) < 4.78 is 68.2. The van der Waals surface area contributed by atoms with Crippen molar-refractivity contribution in [3.63, 3.8) is 0 Å². The number of rotatable bonds is 67. The lowest BCUT2D eigenvalue weighted by molar-refractivity contribution is -0.161. The van der Waals surface area contributed by atoms with E-state index in [1.165, 1.54) is 135 Å². The van der Waals surface area contributed by atoms with Crippen molar-refractivity contribution in [3.05, 3.63) is 0 Å². The monoisotopic (exact) mass is 1310 g/mol. The second kappa shape index (κ2) is 59.8. The largest absolute Gasteiger partial charge is 0.472 e. The second-order valence-electron chi connectivity index (χ2n) is 27.2. The lowest BCUT2D eigenvalue weighted by Gasteiger charge is -2.21. The molecule has 0 aromatic heterocycles. The first-order valence-electron chi connectivity index (χ1n) is 36.2. The molecule has 0 aromatic carbocycles. The standard InChI is InChI=1S/C70H136O17P2/c1-60(2)46-38-30-22-18-15-13-11-9-10-12-14-16-20-24-36-44-52-69(74)86-65(56-80-67(72)50-42-34-28-26-32-40-48-62(5)6)58-84-88(76,77)82-54-64(71)55-83-89(78,79)85-59-66(57-81-68(73)51-43-35-29-27-33-41-49-63(7)8)87-70(75)53-45-37-25-21-17-19-23-31-39-47-61(3)4/h60-66,71H,9-59H2,1-8H3,(H,76,77)(H,78,79)/t64?,65-,66-/m1/s1. The van der Waals surface area contributed by atoms with E-state index in [4.69, 9.17) is 37.0 Å². The molecule has 0 aliphatic carbocycles. The van der Waals surface area contributed by atoms with Crippen molar-refractivity contribution in [2.45, 2.75) is 363 Å². The summed E-state index contributed by atoms with van der Waals surface area (Å²) in [5.74, 6) is 0.770. The van der Waals surface area contributed by atoms with Gasteiger partial charge in [0.25, 0.3) is 0 Å². The first-order valence-corrected chi connectivity index (χ1v) is 39.2. The first-order chi connectivity index (χ1) is 42.6. The fraction of sp³-hybridized carbons (Fsp3) is 0.943. The summed E-state index contributed by atoms with van der Waals surface area (Å²) in [6.45, 7) is 14.0. The number of hydrogen-bond acceptors (Lipinski definition) is 15. The fourth-order valence-corrected chi connectivity index (χ4v) is 12.1. The van der Waals surface area contributed by atoms with E-state index in [1.807, 2.05) is 0 Å². The van der Waals surface area contributed by atoms with Crippen LogP contribution in [0.3, 0.4) is 0 Å². The van der Waals surface area contributed by atoms with Crippen LogP contribution in [0.1, 0.15) is 344 Å². The summed E-state index contributed by atoms with van der Waals surface area (Å²) >= 11 is 0. The van der Waals surface area contributed by atoms with Crippen molar-refractivity contribution >= 4 is 39.5 Å². The summed E-state index contributed by atoms with van der Waals surface area (Å²) in [7, 11) is -9.90. The summed E-state index contributed by atoms with van der Waals surface area (Å²) in [6, 6.07) is 0. The number of esters is 4. The molecular weight excluding hydrogens is 1170 g/mol. The molecule has 0 fully saturated rings. The predicted octanol–water partition coefficient (Wildman–Crippen LogP) is 19.7. The average molecular weight is 1310 g/mol. The van der Waals surface area contributed by atoms with E-state index >= 15 is 0 Å². The van der Waals surface area contributed by atoms with Gasteiger partial charge in [-0.2, -0.15) is 0 Å². The summed E-state index contributed by atoms with van der Waals surface area (Å²) in [5.41, 5.74) is 0. The second-order valence-corrected chi connectivity index (χ2v) is 30.1. The molecule has 89 heavy (non-hydrogen) atoms. The molecule has 0 radical (unpaired) electrons. The highest BCUT2D eigenvalue weighted by molar-refractivity contribution is 7.47. The Bertz CT molecular complexity index is 1760. The van der Waals surface area contributed by atoms with Crippen LogP contribution in [0.5, 0.6) is 0 Å². The van der Waals surface area contributed by atoms with Crippen LogP contribution in [0.15, 0.2) is 0 Å². The van der Waals surface area contributed by atoms with Crippen molar-refractivity contribution in [2.24, 2.45) is 23.7 Å². The number of carbonyl (C=O) groups is 4. The van der Waals surface area contributed by atoms with Gasteiger partial charge in [-0.05, 0) is 49.4 Å². The van der Waals surface area contributed by atoms with Crippen LogP contribution in [-0.4, -0.2) is 96.7 Å². The van der Waals surface area contributed by atoms with Crippen molar-refractivity contribution < 1.29 is 80.2 Å². The molecule has 0 heterocycles. The Morgan fingerprint density at radius 1 is 0.281 bits per heavy atom. The van der Waals surface area contributed by atoms with Gasteiger partial charge in [0.15, 0.2) is 12.2 Å². The zero-order chi connectivity index (χ0) is 66.1. The number of carbonyl (C=O) groups excluding carboxylic acids is 4. The third kappa shape index (κ3) is 64.6. The molecule has 17 nitrogen and oxygen atoms in total. The number of phosphoric ester groups is 2. The lowest BCUT2D eigenvalue weighted by atomic mass is 10.0. The molecule has 0 spiro atoms. The van der Waals surface area contributed by atoms with Gasteiger partial charge in [-0.3, -0.25) is 37.3 Å². The SMILES string of the molecule is CC(C)CCCCCCCCCCCCCCCCCCC(=O)O[C@H](COC(=O)CCCCCCCCC(C)C)COP(=O)(O)OCC(O)COP(=O)(O)OC[C@@H](COC(=O)CCCCCCCCC(C)C)OC(=O)CCCCCCCCCCCC(C)C. The Morgan fingerprint density at radius 3 is 0.697 bits per heavy atom. The Labute approximate surface area is 543 Å². The first kappa shape index (κ1) is 87.1. The number of ether oxygens (including phenoxy) is 4. The van der Waals surface area contributed by atoms with Crippen LogP contribution in [-0.2, 0) is 65.4 Å². The van der Waals surface area contributed by atoms with Gasteiger partial charge in [-0.15, -0.1) is 0 Å². The minimum absolute atomic E-state index is 0.104. The third-order valence-electron chi connectivity index (χ3n) is 16.1. The average Bonchev–Trinajstić information content (AvgIpc) is 3.70. The highest BCUT2D eigenvalue weighted by atomic mass is 31.2. The quantitative estimate of drug-likeness (QED) is 0.0222. The van der Waals surface area contributed by atoms with Crippen LogP contribution in [0, 0.1) is 23.7 Å². The summed E-state index contributed by atoms with van der Waals surface area (Å²) in [5, 5.41) is 10.6. The van der Waals surface area contributed by atoms with Crippen molar-refractivity contribution in [3.8, 4) is 0 Å². The smallest absolute Gasteiger partial charge is 0.462 e. The van der Waals surface area contributed by atoms with Gasteiger partial charge in [0.05, 0.1) is 26.4 Å². The van der Waals surface area contributed by atoms with Gasteiger partial charge in [0.2, 0.25) is 0 Å². The van der Waals surface area contributed by atoms with E-state index in [1.54, 1.807) is 0 Å². The maximum absolute atomic E-state index is 13.0. The summed E-state index contributed by atoms with van der Waals surface area (Å²) in [6.07, 6.45) is 42.1. The summed E-state index contributed by atoms with van der Waals surface area (Å²) in [4.78, 5) is 72.4. The van der Waals surface area contributed by atoms with Crippen molar-refractivity contribution in [1.82, 2.24) is 0 Å². The van der Waals surface area contributed by atoms with Crippen LogP contribution < -0.4 is 0 Å². The molecule has 0 saturated heterocycles. The van der Waals surface area contributed by atoms with E-state index in [0.29, 0.717) is 37.5 Å². The highest BCUT2D eigenvalue weighted by Crippen LogP contribution is 2.45. The number of unbranched alkanes of at least 4 members (excludes halogenated alkanes) is 33. The van der Waals surface area contributed by atoms with Gasteiger partial charge in [0, 0.05) is 25.7 Å². The fourth-order valence-electron chi connectivity index (χ4n) is 10.5. The molecule has 3 unspecified atom stereocenters. The van der Waals surface area contributed by atoms with Gasteiger partial charge in [0.1, 0.15) is 19.3 Å². The molecule has 0 aliphatic heterocycles. The topological polar surface area (TPSA) is 237 Å². The Balaban J connectivity index is 5.18. The van der Waals surface area contributed by atoms with Crippen molar-refractivity contribution in [1.29, 1.82) is 0 Å². The molecule has 0 rings (SSSR count). The van der Waals surface area contributed by atoms with E-state index in [0.717, 1.165) is 115 Å². The maximum Gasteiger partial charge on any atom is 0.472 e. The maximum atomic E-state index is 13.0. The number of hydrogen-bond donors (Lipinski definition) is 3. The highest BCUT2D eigenvalue weighted by Gasteiger charge is 2.30. The Hall–Kier alpha value is -1.94. The number of aliphatic hydroxyl groups excluding tert-OH is 1. The molecule has 0 aliphatic rings. The van der Waals surface area contributed by atoms with Gasteiger partial charge < -0.3 is 33.8 Å². The van der Waals surface area contributed by atoms with Gasteiger partial charge in [-0.1, -0.05) is 293 Å². The van der Waals surface area contributed by atoms with Crippen LogP contribution in [0.2, 0.25) is 0 Å². The number of phosphoric acid groups is 2. The molecule has 0 saturated carbocycles. The predicted molar refractivity (Wildman–Crippen MR) is 358 cm³/mol. The zero-order valence-corrected chi connectivity index (χ0v) is 59.8. The lowest BCUT2D eigenvalue weighted by Crippen LogP contribution is -2.30. The molecule has 0 amide bonds. The van der Waals surface area contributed by atoms with E-state index in [2.05, 4.69) is 55.4 Å². The molecular formula is C70H136O17P2. The van der Waals surface area contributed by atoms with E-state index in [9.17, 15) is 43.2 Å². The van der Waals surface area contributed by atoms with Crippen LogP contribution >= 0.6 is 15.6 Å². The normalized spacial score (nSPS) is 14.3. The molecule has 0 aromatic rings. The molecule has 528 valence electrons. The van der Waals surface area contributed by atoms with Crippen LogP contribution in [0.25, 0.3) is 0 Å². The Morgan fingerprint density at radius 2 is 0.472 bits per heavy atom. The minimum Gasteiger partial charge on any atom is -0.462 e. The third-order valence-corrected chi connectivity index (χ3v) is 18.0. The molecule has 5 atom stereocenters. The minimum atomic E-state index is -4.95. The van der Waals surface area contributed by atoms with E-state index in [-0.39, 0.29) is 25.7 Å². The zero-order valence-electron chi connectivity index (χ0n) is 58.1. The molecule has 3 N–H and O–H groups in total. The van der Waals surface area contributed by atoms with Gasteiger partial charge in [-0.25, -0.2) is 9.13 Å². The van der Waals surface area contributed by atoms with Crippen LogP contribution in [0.4, 0.5) is 0 Å². The Kier molecular flexibility index (Phi) is 58.5.